The summed E-state index contributed by atoms with van der Waals surface area (Å²) in [4.78, 5) is 39.7. The van der Waals surface area contributed by atoms with Crippen LogP contribution in [-0.4, -0.2) is 35.6 Å². The molecule has 1 aliphatic rings. The summed E-state index contributed by atoms with van der Waals surface area (Å²) < 4.78 is 0. The Labute approximate surface area is 157 Å². The van der Waals surface area contributed by atoms with Gasteiger partial charge in [-0.1, -0.05) is 23.7 Å². The predicted octanol–water partition coefficient (Wildman–Crippen LogP) is 3.31. The predicted molar refractivity (Wildman–Crippen MR) is 100 cm³/mol. The average Bonchev–Trinajstić information content (AvgIpc) is 2.89. The van der Waals surface area contributed by atoms with Gasteiger partial charge >= 0.3 is 0 Å². The molecule has 0 radical (unpaired) electrons. The van der Waals surface area contributed by atoms with Crippen LogP contribution in [0.4, 0.5) is 5.69 Å². The number of nitrogens with zero attached hydrogens (tertiary/aromatic N) is 2. The van der Waals surface area contributed by atoms with Gasteiger partial charge in [-0.3, -0.25) is 19.3 Å². The normalized spacial score (nSPS) is 17.2. The van der Waals surface area contributed by atoms with Crippen LogP contribution in [0.3, 0.4) is 0 Å². The topological polar surface area (TPSA) is 57.7 Å². The van der Waals surface area contributed by atoms with Crippen molar-refractivity contribution in [1.82, 2.24) is 4.90 Å². The summed E-state index contributed by atoms with van der Waals surface area (Å²) in [5.74, 6) is -0.557. The molecule has 0 spiro atoms. The van der Waals surface area contributed by atoms with Crippen molar-refractivity contribution in [3.63, 3.8) is 0 Å². The number of halogens is 1. The second-order valence-electron chi connectivity index (χ2n) is 6.44. The lowest BCUT2D eigenvalue weighted by molar-refractivity contribution is -0.122. The molecule has 26 heavy (non-hydrogen) atoms. The van der Waals surface area contributed by atoms with Gasteiger partial charge in [0.25, 0.3) is 5.91 Å². The van der Waals surface area contributed by atoms with Gasteiger partial charge in [-0.05, 0) is 55.9 Å². The molecule has 2 amide bonds. The molecule has 1 atom stereocenters. The molecular weight excluding hydrogens is 352 g/mol. The zero-order valence-electron chi connectivity index (χ0n) is 14.6. The molecule has 134 valence electrons. The molecule has 1 heterocycles. The van der Waals surface area contributed by atoms with E-state index >= 15 is 0 Å². The van der Waals surface area contributed by atoms with Crippen molar-refractivity contribution in [2.24, 2.45) is 0 Å². The number of imide groups is 1. The first-order valence-corrected chi connectivity index (χ1v) is 8.67. The highest BCUT2D eigenvalue weighted by atomic mass is 35.5. The average molecular weight is 371 g/mol. The highest BCUT2D eigenvalue weighted by Crippen LogP contribution is 2.26. The number of rotatable bonds is 5. The van der Waals surface area contributed by atoms with Gasteiger partial charge < -0.3 is 0 Å². The van der Waals surface area contributed by atoms with Crippen LogP contribution in [0.2, 0.25) is 5.02 Å². The Bertz CT molecular complexity index is 864. The zero-order valence-corrected chi connectivity index (χ0v) is 15.4. The Morgan fingerprint density at radius 1 is 1.19 bits per heavy atom. The van der Waals surface area contributed by atoms with Crippen LogP contribution < -0.4 is 4.90 Å². The maximum Gasteiger partial charge on any atom is 0.251 e. The number of ketones is 1. The summed E-state index contributed by atoms with van der Waals surface area (Å²) in [6.45, 7) is 1.99. The van der Waals surface area contributed by atoms with Gasteiger partial charge in [-0.2, -0.15) is 0 Å². The third-order valence-electron chi connectivity index (χ3n) is 4.51. The summed E-state index contributed by atoms with van der Waals surface area (Å²) in [7, 11) is 1.82. The molecule has 1 fully saturated rings. The number of amides is 2. The Morgan fingerprint density at radius 3 is 2.50 bits per heavy atom. The second-order valence-corrected chi connectivity index (χ2v) is 6.87. The number of hydrogen-bond donors (Lipinski definition) is 0. The lowest BCUT2D eigenvalue weighted by Crippen LogP contribution is -2.39. The van der Waals surface area contributed by atoms with E-state index in [4.69, 9.17) is 11.6 Å². The van der Waals surface area contributed by atoms with Crippen LogP contribution in [0.1, 0.15) is 29.3 Å². The van der Waals surface area contributed by atoms with Crippen LogP contribution in [0.5, 0.6) is 0 Å². The highest BCUT2D eigenvalue weighted by molar-refractivity contribution is 6.30. The Kier molecular flexibility index (Phi) is 5.20. The fourth-order valence-electron chi connectivity index (χ4n) is 3.11. The molecule has 3 rings (SSSR count). The number of benzene rings is 2. The molecule has 2 aromatic rings. The number of hydrogen-bond acceptors (Lipinski definition) is 4. The van der Waals surface area contributed by atoms with E-state index < -0.39 is 6.04 Å². The summed E-state index contributed by atoms with van der Waals surface area (Å²) in [6.07, 6.45) is 0.129. The van der Waals surface area contributed by atoms with Gasteiger partial charge in [0.2, 0.25) is 5.91 Å². The number of carbonyl (C=O) groups is 3. The SMILES string of the molecule is CC(=O)c1ccc(N2C(=O)CC(N(C)Cc3cccc(Cl)c3)C2=O)cc1. The Hall–Kier alpha value is -2.50. The fourth-order valence-corrected chi connectivity index (χ4v) is 3.32. The minimum absolute atomic E-state index is 0.0604. The zero-order chi connectivity index (χ0) is 18.8. The third kappa shape index (κ3) is 3.69. The van der Waals surface area contributed by atoms with Crippen molar-refractivity contribution in [3.05, 3.63) is 64.7 Å². The lowest BCUT2D eigenvalue weighted by Gasteiger charge is -2.23. The Balaban J connectivity index is 1.76. The van der Waals surface area contributed by atoms with E-state index in [-0.39, 0.29) is 24.0 Å². The summed E-state index contributed by atoms with van der Waals surface area (Å²) in [5.41, 5.74) is 2.01. The number of carbonyl (C=O) groups excluding carboxylic acids is 3. The monoisotopic (exact) mass is 370 g/mol. The maximum atomic E-state index is 12.8. The van der Waals surface area contributed by atoms with E-state index in [9.17, 15) is 14.4 Å². The Morgan fingerprint density at radius 2 is 1.88 bits per heavy atom. The molecule has 1 unspecified atom stereocenters. The molecular formula is C20H19ClN2O3. The van der Waals surface area contributed by atoms with Crippen LogP contribution in [0.15, 0.2) is 48.5 Å². The van der Waals surface area contributed by atoms with E-state index in [1.54, 1.807) is 30.3 Å². The molecule has 0 N–H and O–H groups in total. The molecule has 6 heteroatoms. The van der Waals surface area contributed by atoms with Crippen molar-refractivity contribution in [3.8, 4) is 0 Å². The molecule has 0 bridgehead atoms. The van der Waals surface area contributed by atoms with E-state index in [1.165, 1.54) is 11.8 Å². The molecule has 1 saturated heterocycles. The quantitative estimate of drug-likeness (QED) is 0.598. The summed E-state index contributed by atoms with van der Waals surface area (Å²) in [5, 5.41) is 0.636. The highest BCUT2D eigenvalue weighted by Gasteiger charge is 2.41. The van der Waals surface area contributed by atoms with E-state index in [0.717, 1.165) is 5.56 Å². The molecule has 1 aliphatic heterocycles. The van der Waals surface area contributed by atoms with Gasteiger partial charge in [0.15, 0.2) is 5.78 Å². The van der Waals surface area contributed by atoms with Gasteiger partial charge in [0, 0.05) is 17.1 Å². The smallest absolute Gasteiger partial charge is 0.251 e. The van der Waals surface area contributed by atoms with Crippen molar-refractivity contribution in [2.75, 3.05) is 11.9 Å². The minimum Gasteiger partial charge on any atom is -0.295 e. The number of likely N-dealkylation sites (N-methyl/N-ethyl adjacent to an activating group) is 1. The molecule has 0 aliphatic carbocycles. The molecule has 5 nitrogen and oxygen atoms in total. The first kappa shape index (κ1) is 18.3. The largest absolute Gasteiger partial charge is 0.295 e. The van der Waals surface area contributed by atoms with Crippen LogP contribution in [0.25, 0.3) is 0 Å². The van der Waals surface area contributed by atoms with E-state index in [2.05, 4.69) is 0 Å². The van der Waals surface area contributed by atoms with Gasteiger partial charge in [0.1, 0.15) is 0 Å². The maximum absolute atomic E-state index is 12.8. The van der Waals surface area contributed by atoms with Crippen molar-refractivity contribution in [2.45, 2.75) is 25.9 Å². The molecule has 2 aromatic carbocycles. The number of anilines is 1. The second kappa shape index (κ2) is 7.40. The molecule has 0 saturated carbocycles. The van der Waals surface area contributed by atoms with Crippen molar-refractivity contribution >= 4 is 34.9 Å². The first-order valence-electron chi connectivity index (χ1n) is 8.29. The summed E-state index contributed by atoms with van der Waals surface area (Å²) >= 11 is 6.01. The lowest BCUT2D eigenvalue weighted by atomic mass is 10.1. The van der Waals surface area contributed by atoms with Gasteiger partial charge in [-0.25, -0.2) is 4.90 Å². The number of Topliss-reactive ketones (excluding diaryl/α,β-unsaturated/α-hetero) is 1. The third-order valence-corrected chi connectivity index (χ3v) is 4.74. The van der Waals surface area contributed by atoms with Gasteiger partial charge in [0.05, 0.1) is 18.2 Å². The molecule has 0 aromatic heterocycles. The van der Waals surface area contributed by atoms with Crippen LogP contribution in [-0.2, 0) is 16.1 Å². The van der Waals surface area contributed by atoms with Crippen LogP contribution in [0, 0.1) is 0 Å². The van der Waals surface area contributed by atoms with E-state index in [1.807, 2.05) is 30.1 Å². The minimum atomic E-state index is -0.519. The fraction of sp³-hybridized carbons (Fsp3) is 0.250. The standard InChI is InChI=1S/C20H19ClN2O3/c1-13(24)15-6-8-17(9-7-15)23-19(25)11-18(20(23)26)22(2)12-14-4-3-5-16(21)10-14/h3-10,18H,11-12H2,1-2H3. The van der Waals surface area contributed by atoms with E-state index in [0.29, 0.717) is 22.8 Å². The van der Waals surface area contributed by atoms with Crippen molar-refractivity contribution < 1.29 is 14.4 Å². The van der Waals surface area contributed by atoms with Crippen molar-refractivity contribution in [1.29, 1.82) is 0 Å². The van der Waals surface area contributed by atoms with Gasteiger partial charge in [-0.15, -0.1) is 0 Å². The van der Waals surface area contributed by atoms with Crippen LogP contribution >= 0.6 is 11.6 Å². The summed E-state index contributed by atoms with van der Waals surface area (Å²) in [6, 6.07) is 13.4. The first-order chi connectivity index (χ1) is 12.4.